The van der Waals surface area contributed by atoms with E-state index in [2.05, 4.69) is 217 Å². The number of nitrogens with two attached hydrogens (primary N) is 1. The van der Waals surface area contributed by atoms with Crippen LogP contribution in [0.4, 0.5) is 17.1 Å². The first-order valence-electron chi connectivity index (χ1n) is 24.7. The van der Waals surface area contributed by atoms with Crippen LogP contribution in [0.3, 0.4) is 0 Å². The van der Waals surface area contributed by atoms with E-state index in [1.54, 1.807) is 0 Å². The SMILES string of the molecule is C.C=C(C)c1ccccc1.CC(C)Cc1cccc(CC(C)C)c1-n1c(-c2ccccc2)nc2ccc3ccccc3c21.CC(C)Cc1cccc(CC(C)C)c1Nc1c(N)ccc2ccccc12. The van der Waals surface area contributed by atoms with Crippen molar-refractivity contribution < 1.29 is 0 Å². The lowest BCUT2D eigenvalue weighted by atomic mass is 9.93. The number of aromatic nitrogens is 2. The highest BCUT2D eigenvalue weighted by atomic mass is 15.1. The van der Waals surface area contributed by atoms with E-state index in [1.165, 1.54) is 66.3 Å². The maximum Gasteiger partial charge on any atom is 0.145 e. The van der Waals surface area contributed by atoms with Gasteiger partial charge in [0, 0.05) is 22.0 Å². The Bertz CT molecular complexity index is 3020. The number of hydrogen-bond donors (Lipinski definition) is 2. The lowest BCUT2D eigenvalue weighted by Gasteiger charge is -2.21. The predicted molar refractivity (Wildman–Crippen MR) is 304 cm³/mol. The van der Waals surface area contributed by atoms with Gasteiger partial charge in [0.2, 0.25) is 0 Å². The van der Waals surface area contributed by atoms with Crippen LogP contribution in [0, 0.1) is 23.7 Å². The van der Waals surface area contributed by atoms with Crippen molar-refractivity contribution in [1.29, 1.82) is 0 Å². The Kier molecular flexibility index (Phi) is 17.8. The molecule has 0 unspecified atom stereocenters. The monoisotopic (exact) mass is 913 g/mol. The third-order valence-corrected chi connectivity index (χ3v) is 12.2. The number of hydrogen-bond acceptors (Lipinski definition) is 3. The molecule has 0 saturated heterocycles. The summed E-state index contributed by atoms with van der Waals surface area (Å²) in [6.45, 7) is 24.1. The first-order valence-corrected chi connectivity index (χ1v) is 24.7. The van der Waals surface area contributed by atoms with E-state index in [1.807, 2.05) is 31.2 Å². The maximum absolute atomic E-state index is 6.37. The number of para-hydroxylation sites is 2. The van der Waals surface area contributed by atoms with Crippen LogP contribution in [0.5, 0.6) is 0 Å². The summed E-state index contributed by atoms with van der Waals surface area (Å²) in [6, 6.07) is 59.9. The molecule has 0 bridgehead atoms. The van der Waals surface area contributed by atoms with Gasteiger partial charge in [0.25, 0.3) is 0 Å². The molecule has 69 heavy (non-hydrogen) atoms. The zero-order chi connectivity index (χ0) is 48.3. The van der Waals surface area contributed by atoms with Crippen LogP contribution in [0.15, 0.2) is 176 Å². The summed E-state index contributed by atoms with van der Waals surface area (Å²) < 4.78 is 2.46. The summed E-state index contributed by atoms with van der Waals surface area (Å²) in [4.78, 5) is 5.21. The number of rotatable bonds is 13. The van der Waals surface area contributed by atoms with Crippen LogP contribution in [0.1, 0.15) is 97.6 Å². The van der Waals surface area contributed by atoms with Crippen molar-refractivity contribution >= 4 is 55.2 Å². The number of anilines is 3. The summed E-state index contributed by atoms with van der Waals surface area (Å²) in [5, 5.41) is 8.61. The average Bonchev–Trinajstić information content (AvgIpc) is 3.71. The molecule has 3 N–H and O–H groups in total. The van der Waals surface area contributed by atoms with E-state index in [0.29, 0.717) is 23.7 Å². The second-order valence-corrected chi connectivity index (χ2v) is 20.1. The summed E-state index contributed by atoms with van der Waals surface area (Å²) in [6.07, 6.45) is 4.19. The van der Waals surface area contributed by atoms with Gasteiger partial charge < -0.3 is 11.1 Å². The van der Waals surface area contributed by atoms with Crippen LogP contribution in [-0.4, -0.2) is 9.55 Å². The van der Waals surface area contributed by atoms with Crippen LogP contribution < -0.4 is 11.1 Å². The summed E-state index contributed by atoms with van der Waals surface area (Å²) >= 11 is 0. The average molecular weight is 913 g/mol. The fourth-order valence-corrected chi connectivity index (χ4v) is 9.29. The second kappa shape index (κ2) is 23.9. The Labute approximate surface area is 414 Å². The fraction of sp³-hybridized carbons (Fsp3) is 0.277. The molecule has 0 aliphatic carbocycles. The first-order chi connectivity index (χ1) is 32.8. The van der Waals surface area contributed by atoms with Gasteiger partial charge in [-0.2, -0.15) is 0 Å². The van der Waals surface area contributed by atoms with Crippen LogP contribution in [0.25, 0.3) is 55.2 Å². The third-order valence-electron chi connectivity index (χ3n) is 12.2. The van der Waals surface area contributed by atoms with Crippen molar-refractivity contribution in [1.82, 2.24) is 9.55 Å². The minimum absolute atomic E-state index is 0. The van der Waals surface area contributed by atoms with Gasteiger partial charge in [0.15, 0.2) is 0 Å². The van der Waals surface area contributed by atoms with E-state index in [9.17, 15) is 0 Å². The number of benzene rings is 8. The highest BCUT2D eigenvalue weighted by Gasteiger charge is 2.22. The maximum atomic E-state index is 6.37. The first kappa shape index (κ1) is 51.5. The van der Waals surface area contributed by atoms with Gasteiger partial charge in [-0.3, -0.25) is 4.57 Å². The van der Waals surface area contributed by atoms with Gasteiger partial charge in [-0.1, -0.05) is 233 Å². The van der Waals surface area contributed by atoms with Crippen molar-refractivity contribution in [3.63, 3.8) is 0 Å². The second-order valence-electron chi connectivity index (χ2n) is 20.1. The molecule has 0 amide bonds. The van der Waals surface area contributed by atoms with Crippen molar-refractivity contribution in [3.8, 4) is 17.1 Å². The molecule has 0 saturated carbocycles. The van der Waals surface area contributed by atoms with E-state index in [4.69, 9.17) is 10.7 Å². The Morgan fingerprint density at radius 2 is 0.957 bits per heavy atom. The van der Waals surface area contributed by atoms with Gasteiger partial charge in [0.1, 0.15) is 5.82 Å². The molecular weight excluding hydrogens is 837 g/mol. The quantitative estimate of drug-likeness (QED) is 0.113. The van der Waals surface area contributed by atoms with Crippen molar-refractivity contribution in [2.24, 2.45) is 23.7 Å². The zero-order valence-corrected chi connectivity index (χ0v) is 42.0. The molecule has 0 radical (unpaired) electrons. The van der Waals surface area contributed by atoms with E-state index < -0.39 is 0 Å². The Morgan fingerprint density at radius 1 is 0.507 bits per heavy atom. The highest BCUT2D eigenvalue weighted by molar-refractivity contribution is 6.06. The molecule has 9 rings (SSSR count). The topological polar surface area (TPSA) is 55.9 Å². The molecule has 1 heterocycles. The molecule has 0 aliphatic rings. The third kappa shape index (κ3) is 12.8. The summed E-state index contributed by atoms with van der Waals surface area (Å²) in [7, 11) is 0. The lowest BCUT2D eigenvalue weighted by Crippen LogP contribution is -2.10. The minimum atomic E-state index is 0. The van der Waals surface area contributed by atoms with Gasteiger partial charge in [-0.25, -0.2) is 4.98 Å². The van der Waals surface area contributed by atoms with Gasteiger partial charge >= 0.3 is 0 Å². The number of fused-ring (bicyclic) bond motifs is 4. The van der Waals surface area contributed by atoms with Gasteiger partial charge in [0.05, 0.1) is 28.1 Å². The normalized spacial score (nSPS) is 11.1. The fourth-order valence-electron chi connectivity index (χ4n) is 9.29. The number of nitrogen functional groups attached to an aromatic ring is 1. The molecule has 8 aromatic carbocycles. The van der Waals surface area contributed by atoms with Crippen molar-refractivity contribution in [3.05, 3.63) is 204 Å². The van der Waals surface area contributed by atoms with E-state index >= 15 is 0 Å². The molecule has 4 heteroatoms. The number of imidazole rings is 1. The Morgan fingerprint density at radius 3 is 1.48 bits per heavy atom. The predicted octanol–water partition coefficient (Wildman–Crippen LogP) is 18.2. The molecule has 4 nitrogen and oxygen atoms in total. The summed E-state index contributed by atoms with van der Waals surface area (Å²) in [5.74, 6) is 3.38. The molecular formula is C65H76N4. The van der Waals surface area contributed by atoms with Crippen LogP contribution >= 0.6 is 0 Å². The van der Waals surface area contributed by atoms with E-state index in [0.717, 1.165) is 59.5 Å². The molecule has 9 aromatic rings. The minimum Gasteiger partial charge on any atom is -0.397 e. The van der Waals surface area contributed by atoms with Gasteiger partial charge in [-0.15, -0.1) is 0 Å². The zero-order valence-electron chi connectivity index (χ0n) is 42.0. The van der Waals surface area contributed by atoms with Crippen molar-refractivity contribution in [2.45, 2.75) is 95.4 Å². The highest BCUT2D eigenvalue weighted by Crippen LogP contribution is 2.38. The van der Waals surface area contributed by atoms with Gasteiger partial charge in [-0.05, 0) is 107 Å². The number of nitrogens with zero attached hydrogens (tertiary/aromatic N) is 2. The van der Waals surface area contributed by atoms with Crippen molar-refractivity contribution in [2.75, 3.05) is 11.1 Å². The molecule has 0 fully saturated rings. The Hall–Kier alpha value is -6.91. The molecule has 0 atom stereocenters. The smallest absolute Gasteiger partial charge is 0.145 e. The molecule has 1 aromatic heterocycles. The molecule has 0 spiro atoms. The lowest BCUT2D eigenvalue weighted by molar-refractivity contribution is 0.632. The van der Waals surface area contributed by atoms with Crippen LogP contribution in [0.2, 0.25) is 0 Å². The van der Waals surface area contributed by atoms with E-state index in [-0.39, 0.29) is 7.43 Å². The van der Waals surface area contributed by atoms with Crippen LogP contribution in [-0.2, 0) is 25.7 Å². The number of allylic oxidation sites excluding steroid dienone is 1. The molecule has 356 valence electrons. The standard InChI is InChI=1S/C31H32N2.C24H30N2.C9H10.CH4/c1-21(2)19-25-14-10-15-26(20-22(3)4)29(25)33-30-27-16-9-8-11-23(27)17-18-28(30)32-31(33)24-12-6-5-7-13-24;1-16(2)14-19-9-7-10-20(15-17(3)4)23(19)26-24-21-11-6-5-8-18(21)12-13-22(24)25;1-8(2)9-6-4-3-5-7-9;/h5-18,21-22H,19-20H2,1-4H3;5-13,16-17,26H,14-15,25H2,1-4H3;3-7H,1H2,2H3;1H4. The Balaban J connectivity index is 0.000000193. The summed E-state index contributed by atoms with van der Waals surface area (Å²) in [5.41, 5.74) is 22.0. The number of nitrogens with one attached hydrogen (secondary N) is 1. The largest absolute Gasteiger partial charge is 0.397 e. The molecule has 0 aliphatic heterocycles.